The smallest absolute Gasteiger partial charge is 0.261 e. The molecule has 2 rings (SSSR count). The molecule has 0 bridgehead atoms. The first kappa shape index (κ1) is 17.8. The van der Waals surface area contributed by atoms with Crippen LogP contribution < -0.4 is 10.0 Å². The first-order chi connectivity index (χ1) is 11.0. The summed E-state index contributed by atoms with van der Waals surface area (Å²) in [5, 5.41) is 3.24. The van der Waals surface area contributed by atoms with E-state index in [2.05, 4.69) is 26.0 Å². The lowest BCUT2D eigenvalue weighted by atomic mass is 10.3. The van der Waals surface area contributed by atoms with E-state index in [1.807, 2.05) is 12.1 Å². The molecule has 0 spiro atoms. The molecule has 0 aliphatic heterocycles. The zero-order valence-electron chi connectivity index (χ0n) is 12.8. The highest BCUT2D eigenvalue weighted by Gasteiger charge is 2.13. The molecule has 0 unspecified atom stereocenters. The Balaban J connectivity index is 1.98. The third-order valence-corrected chi connectivity index (χ3v) is 5.04. The van der Waals surface area contributed by atoms with E-state index in [1.165, 1.54) is 0 Å². The summed E-state index contributed by atoms with van der Waals surface area (Å²) in [6.45, 7) is 1.51. The van der Waals surface area contributed by atoms with Crippen molar-refractivity contribution in [1.29, 1.82) is 0 Å². The third-order valence-electron chi connectivity index (χ3n) is 3.12. The molecule has 0 aliphatic rings. The van der Waals surface area contributed by atoms with Crippen molar-refractivity contribution >= 4 is 37.3 Å². The van der Waals surface area contributed by atoms with E-state index in [0.29, 0.717) is 12.3 Å². The molecule has 0 saturated heterocycles. The van der Waals surface area contributed by atoms with Crippen LogP contribution in [0.4, 0.5) is 11.4 Å². The van der Waals surface area contributed by atoms with Crippen molar-refractivity contribution < 1.29 is 13.2 Å². The Bertz CT molecular complexity index is 716. The maximum absolute atomic E-state index is 12.3. The molecule has 23 heavy (non-hydrogen) atoms. The molecule has 0 atom stereocenters. The Morgan fingerprint density at radius 1 is 1.00 bits per heavy atom. The van der Waals surface area contributed by atoms with Gasteiger partial charge in [0, 0.05) is 36.1 Å². The van der Waals surface area contributed by atoms with E-state index >= 15 is 0 Å². The zero-order chi connectivity index (χ0) is 16.7. The minimum Gasteiger partial charge on any atom is -0.385 e. The Labute approximate surface area is 145 Å². The van der Waals surface area contributed by atoms with Gasteiger partial charge in [-0.05, 0) is 55.0 Å². The van der Waals surface area contributed by atoms with Crippen molar-refractivity contribution in [2.45, 2.75) is 11.3 Å². The van der Waals surface area contributed by atoms with Gasteiger partial charge in [0.2, 0.25) is 0 Å². The fourth-order valence-electron chi connectivity index (χ4n) is 1.93. The number of hydrogen-bond acceptors (Lipinski definition) is 4. The van der Waals surface area contributed by atoms with Crippen LogP contribution in [0.25, 0.3) is 0 Å². The van der Waals surface area contributed by atoms with Gasteiger partial charge in [0.25, 0.3) is 10.0 Å². The summed E-state index contributed by atoms with van der Waals surface area (Å²) in [7, 11) is -1.90. The summed E-state index contributed by atoms with van der Waals surface area (Å²) in [5.41, 5.74) is 1.46. The van der Waals surface area contributed by atoms with Crippen molar-refractivity contribution in [2.24, 2.45) is 0 Å². The van der Waals surface area contributed by atoms with Gasteiger partial charge >= 0.3 is 0 Å². The Hall–Kier alpha value is -1.57. The zero-order valence-corrected chi connectivity index (χ0v) is 15.2. The van der Waals surface area contributed by atoms with Crippen molar-refractivity contribution in [3.05, 3.63) is 53.0 Å². The van der Waals surface area contributed by atoms with E-state index in [-0.39, 0.29) is 4.90 Å². The van der Waals surface area contributed by atoms with Gasteiger partial charge in [-0.2, -0.15) is 0 Å². The Morgan fingerprint density at radius 2 is 1.61 bits per heavy atom. The molecule has 7 heteroatoms. The van der Waals surface area contributed by atoms with Gasteiger partial charge in [-0.1, -0.05) is 15.9 Å². The quantitative estimate of drug-likeness (QED) is 0.665. The number of sulfonamides is 1. The van der Waals surface area contributed by atoms with E-state index in [0.717, 1.165) is 23.1 Å². The highest BCUT2D eigenvalue weighted by molar-refractivity contribution is 9.10. The molecule has 5 nitrogen and oxygen atoms in total. The molecule has 124 valence electrons. The van der Waals surface area contributed by atoms with Gasteiger partial charge in [0.05, 0.1) is 4.90 Å². The monoisotopic (exact) mass is 398 g/mol. The normalized spacial score (nSPS) is 11.2. The minimum absolute atomic E-state index is 0.225. The third kappa shape index (κ3) is 5.53. The second-order valence-electron chi connectivity index (χ2n) is 4.91. The number of halogens is 1. The van der Waals surface area contributed by atoms with Crippen LogP contribution in [-0.4, -0.2) is 28.7 Å². The number of rotatable bonds is 8. The van der Waals surface area contributed by atoms with Gasteiger partial charge < -0.3 is 10.1 Å². The number of nitrogens with one attached hydrogen (secondary N) is 2. The number of anilines is 2. The van der Waals surface area contributed by atoms with E-state index in [1.54, 1.807) is 43.5 Å². The van der Waals surface area contributed by atoms with E-state index in [9.17, 15) is 8.42 Å². The van der Waals surface area contributed by atoms with Gasteiger partial charge in [-0.15, -0.1) is 0 Å². The Morgan fingerprint density at radius 3 is 2.22 bits per heavy atom. The van der Waals surface area contributed by atoms with Crippen LogP contribution in [0.2, 0.25) is 0 Å². The van der Waals surface area contributed by atoms with Crippen molar-refractivity contribution in [3.8, 4) is 0 Å². The fourth-order valence-corrected chi connectivity index (χ4v) is 3.26. The molecule has 0 fully saturated rings. The maximum Gasteiger partial charge on any atom is 0.261 e. The predicted molar refractivity (Wildman–Crippen MR) is 96.4 cm³/mol. The summed E-state index contributed by atoms with van der Waals surface area (Å²) < 4.78 is 33.0. The number of methoxy groups -OCH3 is 1. The van der Waals surface area contributed by atoms with Crippen LogP contribution in [-0.2, 0) is 14.8 Å². The van der Waals surface area contributed by atoms with Crippen molar-refractivity contribution in [2.75, 3.05) is 30.3 Å². The average Bonchev–Trinajstić information content (AvgIpc) is 2.53. The molecular weight excluding hydrogens is 380 g/mol. The molecule has 2 N–H and O–H groups in total. The Kier molecular flexibility index (Phi) is 6.44. The van der Waals surface area contributed by atoms with E-state index < -0.39 is 10.0 Å². The van der Waals surface area contributed by atoms with Gasteiger partial charge in [-0.25, -0.2) is 8.42 Å². The second kappa shape index (κ2) is 8.33. The van der Waals surface area contributed by atoms with Crippen LogP contribution in [0.3, 0.4) is 0 Å². The summed E-state index contributed by atoms with van der Waals surface area (Å²) in [4.78, 5) is 0.225. The molecule has 2 aromatic carbocycles. The molecule has 0 amide bonds. The molecule has 0 aliphatic carbocycles. The lowest BCUT2D eigenvalue weighted by molar-refractivity contribution is 0.198. The van der Waals surface area contributed by atoms with Crippen LogP contribution in [0.15, 0.2) is 57.9 Å². The lowest BCUT2D eigenvalue weighted by Gasteiger charge is -2.10. The average molecular weight is 399 g/mol. The fraction of sp³-hybridized carbons (Fsp3) is 0.250. The minimum atomic E-state index is -3.58. The molecular formula is C16H19BrN2O3S. The standard InChI is InChI=1S/C16H19BrN2O3S/c1-22-12-2-11-18-14-5-7-15(8-6-14)19-23(20,21)16-9-3-13(17)4-10-16/h3-10,18-19H,2,11-12H2,1H3. The van der Waals surface area contributed by atoms with Crippen LogP contribution in [0.1, 0.15) is 6.42 Å². The molecule has 0 radical (unpaired) electrons. The first-order valence-corrected chi connectivity index (χ1v) is 9.40. The number of ether oxygens (including phenoxy) is 1. The lowest BCUT2D eigenvalue weighted by Crippen LogP contribution is -2.12. The highest BCUT2D eigenvalue weighted by atomic mass is 79.9. The van der Waals surface area contributed by atoms with E-state index in [4.69, 9.17) is 4.74 Å². The van der Waals surface area contributed by atoms with Crippen LogP contribution in [0, 0.1) is 0 Å². The summed E-state index contributed by atoms with van der Waals surface area (Å²) >= 11 is 3.29. The summed E-state index contributed by atoms with van der Waals surface area (Å²) in [6, 6.07) is 13.6. The molecule has 0 aromatic heterocycles. The van der Waals surface area contributed by atoms with Crippen LogP contribution >= 0.6 is 15.9 Å². The maximum atomic E-state index is 12.3. The topological polar surface area (TPSA) is 67.4 Å². The summed E-state index contributed by atoms with van der Waals surface area (Å²) in [5.74, 6) is 0. The van der Waals surface area contributed by atoms with Crippen molar-refractivity contribution in [1.82, 2.24) is 0 Å². The highest BCUT2D eigenvalue weighted by Crippen LogP contribution is 2.20. The largest absolute Gasteiger partial charge is 0.385 e. The molecule has 0 heterocycles. The molecule has 2 aromatic rings. The van der Waals surface area contributed by atoms with Crippen LogP contribution in [0.5, 0.6) is 0 Å². The van der Waals surface area contributed by atoms with Gasteiger partial charge in [0.15, 0.2) is 0 Å². The van der Waals surface area contributed by atoms with Gasteiger partial charge in [-0.3, -0.25) is 4.72 Å². The number of benzene rings is 2. The van der Waals surface area contributed by atoms with Gasteiger partial charge in [0.1, 0.15) is 0 Å². The summed E-state index contributed by atoms with van der Waals surface area (Å²) in [6.07, 6.45) is 0.911. The number of hydrogen-bond donors (Lipinski definition) is 2. The first-order valence-electron chi connectivity index (χ1n) is 7.12. The predicted octanol–water partition coefficient (Wildman–Crippen LogP) is 3.70. The van der Waals surface area contributed by atoms with Crippen molar-refractivity contribution in [3.63, 3.8) is 0 Å². The second-order valence-corrected chi connectivity index (χ2v) is 7.51. The molecule has 0 saturated carbocycles. The SMILES string of the molecule is COCCCNc1ccc(NS(=O)(=O)c2ccc(Br)cc2)cc1.